The molecule has 0 unspecified atom stereocenters. The third-order valence-corrected chi connectivity index (χ3v) is 5.11. The molecule has 3 heteroatoms. The number of pyridine rings is 1. The minimum absolute atomic E-state index is 0.136. The number of hydrogen-bond acceptors (Lipinski definition) is 2. The number of nitrogens with one attached hydrogen (secondary N) is 1. The fourth-order valence-electron chi connectivity index (χ4n) is 3.38. The van der Waals surface area contributed by atoms with E-state index < -0.39 is 0 Å². The van der Waals surface area contributed by atoms with Crippen molar-refractivity contribution in [2.45, 2.75) is 26.2 Å². The summed E-state index contributed by atoms with van der Waals surface area (Å²) in [5.41, 5.74) is 5.80. The van der Waals surface area contributed by atoms with Gasteiger partial charge in [-0.15, -0.1) is 0 Å². The fourth-order valence-corrected chi connectivity index (χ4v) is 3.38. The van der Waals surface area contributed by atoms with Crippen LogP contribution in [-0.2, 0) is 5.41 Å². The first-order valence-electron chi connectivity index (χ1n) is 9.78. The van der Waals surface area contributed by atoms with Crippen molar-refractivity contribution >= 4 is 22.5 Å². The first-order chi connectivity index (χ1) is 13.9. The Kier molecular flexibility index (Phi) is 4.89. The van der Waals surface area contributed by atoms with E-state index >= 15 is 0 Å². The third-order valence-electron chi connectivity index (χ3n) is 5.11. The highest BCUT2D eigenvalue weighted by atomic mass is 16.1. The van der Waals surface area contributed by atoms with Gasteiger partial charge in [-0.3, -0.25) is 9.78 Å². The zero-order valence-corrected chi connectivity index (χ0v) is 16.9. The third kappa shape index (κ3) is 4.04. The molecule has 0 aliphatic rings. The molecule has 3 nitrogen and oxygen atoms in total. The zero-order chi connectivity index (χ0) is 20.4. The van der Waals surface area contributed by atoms with E-state index in [4.69, 9.17) is 0 Å². The summed E-state index contributed by atoms with van der Waals surface area (Å²) in [7, 11) is 0. The number of benzene rings is 3. The molecule has 1 aromatic heterocycles. The quantitative estimate of drug-likeness (QED) is 0.444. The number of fused-ring (bicyclic) bond motifs is 1. The Labute approximate surface area is 171 Å². The molecule has 0 fully saturated rings. The molecule has 0 bridgehead atoms. The lowest BCUT2D eigenvalue weighted by molar-refractivity contribution is 0.102. The van der Waals surface area contributed by atoms with Gasteiger partial charge in [-0.1, -0.05) is 75.4 Å². The number of carbonyl (C=O) groups is 1. The van der Waals surface area contributed by atoms with Gasteiger partial charge in [0.05, 0.1) is 11.2 Å². The SMILES string of the molecule is CC(C)(C)c1ccc(-c2ccc(C(=O)Nc3cccc4cccnc34)cc2)cc1. The number of amides is 1. The molecule has 29 heavy (non-hydrogen) atoms. The van der Waals surface area contributed by atoms with Gasteiger partial charge in [0.15, 0.2) is 0 Å². The number of anilines is 1. The molecule has 0 saturated carbocycles. The maximum atomic E-state index is 12.7. The van der Waals surface area contributed by atoms with Crippen molar-refractivity contribution in [3.05, 3.63) is 96.2 Å². The van der Waals surface area contributed by atoms with Crippen LogP contribution >= 0.6 is 0 Å². The predicted molar refractivity (Wildman–Crippen MR) is 120 cm³/mol. The topological polar surface area (TPSA) is 42.0 Å². The molecule has 4 aromatic rings. The maximum absolute atomic E-state index is 12.7. The van der Waals surface area contributed by atoms with Crippen molar-refractivity contribution in [3.63, 3.8) is 0 Å². The first-order valence-corrected chi connectivity index (χ1v) is 9.78. The van der Waals surface area contributed by atoms with Gasteiger partial charge < -0.3 is 5.32 Å². The summed E-state index contributed by atoms with van der Waals surface area (Å²) in [6.45, 7) is 6.63. The van der Waals surface area contributed by atoms with Crippen LogP contribution in [0.5, 0.6) is 0 Å². The highest BCUT2D eigenvalue weighted by Gasteiger charge is 2.13. The van der Waals surface area contributed by atoms with E-state index in [-0.39, 0.29) is 11.3 Å². The van der Waals surface area contributed by atoms with Crippen LogP contribution in [0.3, 0.4) is 0 Å². The lowest BCUT2D eigenvalue weighted by Crippen LogP contribution is -2.12. The zero-order valence-electron chi connectivity index (χ0n) is 16.9. The van der Waals surface area contributed by atoms with E-state index in [2.05, 4.69) is 55.3 Å². The van der Waals surface area contributed by atoms with Gasteiger partial charge in [-0.05, 0) is 46.4 Å². The minimum atomic E-state index is -0.141. The van der Waals surface area contributed by atoms with Gasteiger partial charge >= 0.3 is 0 Å². The van der Waals surface area contributed by atoms with Gasteiger partial charge in [0, 0.05) is 17.1 Å². The van der Waals surface area contributed by atoms with E-state index in [0.29, 0.717) is 5.56 Å². The van der Waals surface area contributed by atoms with Gasteiger partial charge in [-0.25, -0.2) is 0 Å². The minimum Gasteiger partial charge on any atom is -0.320 e. The summed E-state index contributed by atoms with van der Waals surface area (Å²) in [5.74, 6) is -0.141. The lowest BCUT2D eigenvalue weighted by Gasteiger charge is -2.19. The van der Waals surface area contributed by atoms with Crippen LogP contribution in [-0.4, -0.2) is 10.9 Å². The number of hydrogen-bond donors (Lipinski definition) is 1. The Morgan fingerprint density at radius 3 is 2.07 bits per heavy atom. The second-order valence-corrected chi connectivity index (χ2v) is 8.24. The van der Waals surface area contributed by atoms with E-state index in [9.17, 15) is 4.79 Å². The smallest absolute Gasteiger partial charge is 0.255 e. The van der Waals surface area contributed by atoms with Crippen LogP contribution in [0.1, 0.15) is 36.7 Å². The Balaban J connectivity index is 1.54. The number of carbonyl (C=O) groups excluding carboxylic acids is 1. The molecule has 1 amide bonds. The molecule has 1 N–H and O–H groups in total. The summed E-state index contributed by atoms with van der Waals surface area (Å²) in [5, 5.41) is 3.98. The number of para-hydroxylation sites is 1. The molecular weight excluding hydrogens is 356 g/mol. The number of rotatable bonds is 3. The molecule has 3 aromatic carbocycles. The van der Waals surface area contributed by atoms with Crippen molar-refractivity contribution < 1.29 is 4.79 Å². The Morgan fingerprint density at radius 2 is 1.41 bits per heavy atom. The predicted octanol–water partition coefficient (Wildman–Crippen LogP) is 6.45. The molecule has 0 aliphatic carbocycles. The number of aromatic nitrogens is 1. The molecule has 0 spiro atoms. The molecule has 0 radical (unpaired) electrons. The van der Waals surface area contributed by atoms with Crippen molar-refractivity contribution in [2.24, 2.45) is 0 Å². The van der Waals surface area contributed by atoms with Crippen molar-refractivity contribution in [2.75, 3.05) is 5.32 Å². The Morgan fingerprint density at radius 1 is 0.793 bits per heavy atom. The molecular formula is C26H24N2O. The van der Waals surface area contributed by atoms with Gasteiger partial charge in [0.2, 0.25) is 0 Å². The average molecular weight is 380 g/mol. The normalized spacial score (nSPS) is 11.4. The van der Waals surface area contributed by atoms with E-state index in [0.717, 1.165) is 27.7 Å². The average Bonchev–Trinajstić information content (AvgIpc) is 2.73. The Hall–Kier alpha value is -3.46. The van der Waals surface area contributed by atoms with Gasteiger partial charge in [-0.2, -0.15) is 0 Å². The summed E-state index contributed by atoms with van der Waals surface area (Å²) in [6, 6.07) is 26.0. The molecule has 0 atom stereocenters. The Bertz CT molecular complexity index is 1150. The maximum Gasteiger partial charge on any atom is 0.255 e. The van der Waals surface area contributed by atoms with Crippen molar-refractivity contribution in [3.8, 4) is 11.1 Å². The molecule has 0 aliphatic heterocycles. The molecule has 0 saturated heterocycles. The highest BCUT2D eigenvalue weighted by molar-refractivity contribution is 6.08. The van der Waals surface area contributed by atoms with Gasteiger partial charge in [0.25, 0.3) is 5.91 Å². The van der Waals surface area contributed by atoms with Crippen LogP contribution in [0.15, 0.2) is 85.1 Å². The fraction of sp³-hybridized carbons (Fsp3) is 0.154. The van der Waals surface area contributed by atoms with Crippen LogP contribution < -0.4 is 5.32 Å². The van der Waals surface area contributed by atoms with Crippen LogP contribution in [0.2, 0.25) is 0 Å². The van der Waals surface area contributed by atoms with E-state index in [1.807, 2.05) is 54.6 Å². The molecule has 1 heterocycles. The lowest BCUT2D eigenvalue weighted by atomic mass is 9.86. The largest absolute Gasteiger partial charge is 0.320 e. The summed E-state index contributed by atoms with van der Waals surface area (Å²) in [4.78, 5) is 17.1. The van der Waals surface area contributed by atoms with E-state index in [1.54, 1.807) is 6.20 Å². The monoisotopic (exact) mass is 380 g/mol. The second-order valence-electron chi connectivity index (χ2n) is 8.24. The molecule has 144 valence electrons. The second kappa shape index (κ2) is 7.51. The summed E-state index contributed by atoms with van der Waals surface area (Å²) in [6.07, 6.45) is 1.73. The van der Waals surface area contributed by atoms with Crippen molar-refractivity contribution in [1.29, 1.82) is 0 Å². The van der Waals surface area contributed by atoms with Gasteiger partial charge in [0.1, 0.15) is 0 Å². The highest BCUT2D eigenvalue weighted by Crippen LogP contribution is 2.27. The van der Waals surface area contributed by atoms with Crippen LogP contribution in [0, 0.1) is 0 Å². The summed E-state index contributed by atoms with van der Waals surface area (Å²) < 4.78 is 0. The van der Waals surface area contributed by atoms with Crippen LogP contribution in [0.4, 0.5) is 5.69 Å². The molecule has 4 rings (SSSR count). The van der Waals surface area contributed by atoms with Crippen LogP contribution in [0.25, 0.3) is 22.0 Å². The summed E-state index contributed by atoms with van der Waals surface area (Å²) >= 11 is 0. The van der Waals surface area contributed by atoms with Crippen molar-refractivity contribution in [1.82, 2.24) is 4.98 Å². The standard InChI is InChI=1S/C26H24N2O/c1-26(2,3)22-15-13-19(14-16-22)18-9-11-21(12-10-18)25(29)28-23-8-4-6-20-7-5-17-27-24(20)23/h4-17H,1-3H3,(H,28,29). The first kappa shape index (κ1) is 18.9. The van der Waals surface area contributed by atoms with E-state index in [1.165, 1.54) is 5.56 Å². The number of nitrogens with zero attached hydrogens (tertiary/aromatic N) is 1.